The average molecular weight is 520 g/mol. The first-order chi connectivity index (χ1) is 16.4. The molecule has 0 saturated carbocycles. The minimum atomic E-state index is -4.06. The second-order valence-corrected chi connectivity index (χ2v) is 11.7. The molecule has 11 heteroatoms. The van der Waals surface area contributed by atoms with Gasteiger partial charge in [-0.15, -0.1) is 0 Å². The van der Waals surface area contributed by atoms with Gasteiger partial charge in [0.05, 0.1) is 27.2 Å². The van der Waals surface area contributed by atoms with Crippen molar-refractivity contribution in [1.29, 1.82) is 0 Å². The fraction of sp³-hybridized carbons (Fsp3) is 0.333. The minimum absolute atomic E-state index is 0.0422. The quantitative estimate of drug-likeness (QED) is 0.437. The summed E-state index contributed by atoms with van der Waals surface area (Å²) < 4.78 is 52.6. The van der Waals surface area contributed by atoms with E-state index in [2.05, 4.69) is 14.7 Å². The van der Waals surface area contributed by atoms with Crippen molar-refractivity contribution in [2.45, 2.75) is 42.9 Å². The van der Waals surface area contributed by atoms with Gasteiger partial charge < -0.3 is 14.6 Å². The van der Waals surface area contributed by atoms with Gasteiger partial charge in [-0.2, -0.15) is 4.98 Å². The van der Waals surface area contributed by atoms with Crippen LogP contribution in [0, 0.1) is 6.92 Å². The van der Waals surface area contributed by atoms with Gasteiger partial charge in [0, 0.05) is 6.26 Å². The fourth-order valence-corrected chi connectivity index (χ4v) is 4.81. The maximum atomic E-state index is 13.2. The van der Waals surface area contributed by atoms with Crippen molar-refractivity contribution in [1.82, 2.24) is 9.97 Å². The van der Waals surface area contributed by atoms with Gasteiger partial charge in [0.25, 0.3) is 15.9 Å². The fourth-order valence-electron chi connectivity index (χ4n) is 3.14. The predicted molar refractivity (Wildman–Crippen MR) is 134 cm³/mol. The van der Waals surface area contributed by atoms with E-state index < -0.39 is 20.8 Å². The molecule has 0 saturated heterocycles. The second-order valence-electron chi connectivity index (χ2n) is 8.71. The standard InChI is InChI=1S/C24H29N3O6S2/c1-16-25-22(27-35(30,31)18-12-10-17(11-13-18)24(2,3)4)21(23(26-16)32-15-14-28)33-19-8-6-7-9-20(19)34(5)29/h6-13,28H,14-15H2,1-5H3,(H,25,26,27)/t34-/m1/s1. The third-order valence-corrected chi connectivity index (χ3v) is 7.22. The Labute approximate surface area is 208 Å². The number of rotatable bonds is 9. The number of hydrogen-bond acceptors (Lipinski definition) is 8. The highest BCUT2D eigenvalue weighted by molar-refractivity contribution is 7.92. The molecule has 2 N–H and O–H groups in total. The number of nitrogens with zero attached hydrogens (tertiary/aromatic N) is 2. The highest BCUT2D eigenvalue weighted by Crippen LogP contribution is 2.39. The van der Waals surface area contributed by atoms with Gasteiger partial charge in [-0.1, -0.05) is 45.0 Å². The van der Waals surface area contributed by atoms with Gasteiger partial charge in [-0.25, -0.2) is 13.4 Å². The van der Waals surface area contributed by atoms with E-state index in [9.17, 15) is 17.7 Å². The normalized spacial score (nSPS) is 12.7. The molecule has 3 aromatic rings. The van der Waals surface area contributed by atoms with Gasteiger partial charge in [0.15, 0.2) is 5.82 Å². The summed E-state index contributed by atoms with van der Waals surface area (Å²) in [6.45, 7) is 7.29. The van der Waals surface area contributed by atoms with Gasteiger partial charge in [0.2, 0.25) is 5.75 Å². The molecule has 188 valence electrons. The number of hydrogen-bond donors (Lipinski definition) is 2. The SMILES string of the molecule is Cc1nc(NS(=O)(=O)c2ccc(C(C)(C)C)cc2)c(Oc2ccccc2[S@@](C)=O)c(OCCO)n1. The van der Waals surface area contributed by atoms with Crippen molar-refractivity contribution < 1.29 is 27.2 Å². The van der Waals surface area contributed by atoms with Crippen LogP contribution in [-0.2, 0) is 26.2 Å². The molecule has 0 aliphatic rings. The Balaban J connectivity index is 2.07. The molecule has 1 atom stereocenters. The van der Waals surface area contributed by atoms with Crippen LogP contribution < -0.4 is 14.2 Å². The van der Waals surface area contributed by atoms with Crippen molar-refractivity contribution in [2.24, 2.45) is 0 Å². The Kier molecular flexibility index (Phi) is 8.14. The van der Waals surface area contributed by atoms with Crippen LogP contribution in [-0.4, -0.2) is 47.2 Å². The van der Waals surface area contributed by atoms with Crippen LogP contribution in [0.3, 0.4) is 0 Å². The maximum Gasteiger partial charge on any atom is 0.263 e. The molecule has 1 aromatic heterocycles. The molecule has 0 radical (unpaired) electrons. The van der Waals surface area contributed by atoms with Crippen LogP contribution in [0.5, 0.6) is 17.4 Å². The van der Waals surface area contributed by atoms with Crippen LogP contribution >= 0.6 is 0 Å². The van der Waals surface area contributed by atoms with Gasteiger partial charge in [0.1, 0.15) is 18.2 Å². The molecular weight excluding hydrogens is 490 g/mol. The largest absolute Gasteiger partial charge is 0.472 e. The zero-order valence-electron chi connectivity index (χ0n) is 20.2. The van der Waals surface area contributed by atoms with Crippen LogP contribution in [0.2, 0.25) is 0 Å². The number of para-hydroxylation sites is 1. The first-order valence-electron chi connectivity index (χ1n) is 10.8. The van der Waals surface area contributed by atoms with E-state index >= 15 is 0 Å². The molecule has 0 bridgehead atoms. The molecule has 3 rings (SSSR count). The minimum Gasteiger partial charge on any atom is -0.472 e. The van der Waals surface area contributed by atoms with E-state index in [-0.39, 0.29) is 52.5 Å². The van der Waals surface area contributed by atoms with E-state index in [1.54, 1.807) is 43.3 Å². The Morgan fingerprint density at radius 2 is 1.71 bits per heavy atom. The number of aromatic nitrogens is 2. The number of nitrogens with one attached hydrogen (secondary N) is 1. The molecular formula is C24H29N3O6S2. The van der Waals surface area contributed by atoms with Crippen molar-refractivity contribution in [3.8, 4) is 17.4 Å². The molecule has 0 aliphatic carbocycles. The first kappa shape index (κ1) is 26.6. The zero-order chi connectivity index (χ0) is 25.8. The van der Waals surface area contributed by atoms with E-state index in [1.165, 1.54) is 18.4 Å². The number of aliphatic hydroxyl groups is 1. The molecule has 35 heavy (non-hydrogen) atoms. The van der Waals surface area contributed by atoms with Crippen LogP contribution in [0.4, 0.5) is 5.82 Å². The van der Waals surface area contributed by atoms with E-state index in [0.717, 1.165) is 5.56 Å². The van der Waals surface area contributed by atoms with Crippen molar-refractivity contribution in [3.05, 3.63) is 59.9 Å². The summed E-state index contributed by atoms with van der Waals surface area (Å²) in [7, 11) is -5.44. The van der Waals surface area contributed by atoms with Crippen LogP contribution in [0.1, 0.15) is 32.2 Å². The highest BCUT2D eigenvalue weighted by Gasteiger charge is 2.25. The summed E-state index contributed by atoms with van der Waals surface area (Å²) in [6.07, 6.45) is 1.50. The average Bonchev–Trinajstić information content (AvgIpc) is 2.79. The Morgan fingerprint density at radius 3 is 2.31 bits per heavy atom. The molecule has 0 fully saturated rings. The summed E-state index contributed by atoms with van der Waals surface area (Å²) in [5.74, 6) is 0.117. The van der Waals surface area contributed by atoms with E-state index in [0.29, 0.717) is 4.90 Å². The lowest BCUT2D eigenvalue weighted by atomic mass is 9.87. The van der Waals surface area contributed by atoms with Gasteiger partial charge in [-0.3, -0.25) is 8.93 Å². The molecule has 0 unspecified atom stereocenters. The molecule has 9 nitrogen and oxygen atoms in total. The Morgan fingerprint density at radius 1 is 1.06 bits per heavy atom. The zero-order valence-corrected chi connectivity index (χ0v) is 21.9. The summed E-state index contributed by atoms with van der Waals surface area (Å²) in [5, 5.41) is 9.22. The number of aryl methyl sites for hydroxylation is 1. The van der Waals surface area contributed by atoms with Crippen molar-refractivity contribution in [3.63, 3.8) is 0 Å². The first-order valence-corrected chi connectivity index (χ1v) is 13.8. The number of aliphatic hydroxyl groups excluding tert-OH is 1. The summed E-state index contributed by atoms with van der Waals surface area (Å²) in [5.41, 5.74) is 0.855. The maximum absolute atomic E-state index is 13.2. The number of ether oxygens (including phenoxy) is 2. The third kappa shape index (κ3) is 6.56. The summed E-state index contributed by atoms with van der Waals surface area (Å²) in [6, 6.07) is 13.2. The lowest BCUT2D eigenvalue weighted by Gasteiger charge is -2.20. The Bertz CT molecular complexity index is 1320. The highest BCUT2D eigenvalue weighted by atomic mass is 32.2. The number of sulfonamides is 1. The lowest BCUT2D eigenvalue weighted by Crippen LogP contribution is -2.17. The molecule has 1 heterocycles. The van der Waals surface area contributed by atoms with Crippen LogP contribution in [0.25, 0.3) is 0 Å². The topological polar surface area (TPSA) is 128 Å². The molecule has 0 spiro atoms. The molecule has 0 amide bonds. The smallest absolute Gasteiger partial charge is 0.263 e. The molecule has 2 aromatic carbocycles. The Hall–Kier alpha value is -3.02. The number of anilines is 1. The molecule has 0 aliphatic heterocycles. The predicted octanol–water partition coefficient (Wildman–Crippen LogP) is 3.78. The van der Waals surface area contributed by atoms with Crippen LogP contribution in [0.15, 0.2) is 58.3 Å². The second kappa shape index (κ2) is 10.7. The third-order valence-electron chi connectivity index (χ3n) is 4.91. The monoisotopic (exact) mass is 519 g/mol. The summed E-state index contributed by atoms with van der Waals surface area (Å²) >= 11 is 0. The van der Waals surface area contributed by atoms with E-state index in [1.807, 2.05) is 20.8 Å². The van der Waals surface area contributed by atoms with Crippen molar-refractivity contribution in [2.75, 3.05) is 24.2 Å². The summed E-state index contributed by atoms with van der Waals surface area (Å²) in [4.78, 5) is 8.88. The van der Waals surface area contributed by atoms with E-state index in [4.69, 9.17) is 9.47 Å². The number of benzene rings is 2. The van der Waals surface area contributed by atoms with Crippen molar-refractivity contribution >= 4 is 26.6 Å². The van der Waals surface area contributed by atoms with Gasteiger partial charge in [-0.05, 0) is 42.2 Å². The lowest BCUT2D eigenvalue weighted by molar-refractivity contribution is 0.192. The van der Waals surface area contributed by atoms with Gasteiger partial charge >= 0.3 is 0 Å².